The van der Waals surface area contributed by atoms with Gasteiger partial charge in [-0.1, -0.05) is 12.1 Å². The fraction of sp³-hybridized carbons (Fsp3) is 0. The Bertz CT molecular complexity index is 937. The molecule has 0 radical (unpaired) electrons. The van der Waals surface area contributed by atoms with Crippen LogP contribution in [-0.4, -0.2) is 11.9 Å². The summed E-state index contributed by atoms with van der Waals surface area (Å²) in [6, 6.07) is 16.8. The smallest absolute Gasteiger partial charge is 0.363 e. The Morgan fingerprint density at radius 1 is 1.00 bits per heavy atom. The number of carbonyl (C=O) groups excluding carboxylic acids is 2. The van der Waals surface area contributed by atoms with Gasteiger partial charge >= 0.3 is 11.9 Å². The molecule has 0 unspecified atom stereocenters. The molecule has 26 heavy (non-hydrogen) atoms. The highest BCUT2D eigenvalue weighted by molar-refractivity contribution is 14.1. The van der Waals surface area contributed by atoms with E-state index in [9.17, 15) is 9.59 Å². The van der Waals surface area contributed by atoms with Crippen molar-refractivity contribution in [3.63, 3.8) is 0 Å². The lowest BCUT2D eigenvalue weighted by molar-refractivity contribution is 0.0595. The summed E-state index contributed by atoms with van der Waals surface area (Å²) < 4.78 is 5.74. The third-order valence-electron chi connectivity index (χ3n) is 3.21. The number of hydrogen-bond donors (Lipinski definition) is 1. The first-order valence-electron chi connectivity index (χ1n) is 7.45. The van der Waals surface area contributed by atoms with Gasteiger partial charge in [0.05, 0.1) is 23.2 Å². The minimum atomic E-state index is -0.566. The molecule has 1 heterocycles. The molecule has 130 valence electrons. The van der Waals surface area contributed by atoms with Gasteiger partial charge in [-0.05, 0) is 71.1 Å². The molecule has 3 aromatic rings. The second-order valence-electron chi connectivity index (χ2n) is 5.00. The number of azo groups is 1. The van der Waals surface area contributed by atoms with Gasteiger partial charge in [0, 0.05) is 3.57 Å². The predicted octanol–water partition coefficient (Wildman–Crippen LogP) is 4.99. The van der Waals surface area contributed by atoms with Gasteiger partial charge in [-0.2, -0.15) is 0 Å². The fourth-order valence-corrected chi connectivity index (χ4v) is 2.54. The van der Waals surface area contributed by atoms with Gasteiger partial charge in [-0.15, -0.1) is 10.2 Å². The van der Waals surface area contributed by atoms with Gasteiger partial charge in [0.15, 0.2) is 5.76 Å². The summed E-state index contributed by atoms with van der Waals surface area (Å²) in [5.41, 5.74) is 4.08. The molecule has 0 aliphatic rings. The van der Waals surface area contributed by atoms with Crippen LogP contribution in [0.2, 0.25) is 0 Å². The first-order valence-corrected chi connectivity index (χ1v) is 8.53. The minimum Gasteiger partial charge on any atom is -0.459 e. The summed E-state index contributed by atoms with van der Waals surface area (Å²) in [6.45, 7) is 0. The van der Waals surface area contributed by atoms with E-state index in [0.717, 1.165) is 3.57 Å². The van der Waals surface area contributed by atoms with Crippen LogP contribution in [0.3, 0.4) is 0 Å². The number of nitrogens with one attached hydrogen (secondary N) is 1. The molecule has 2 aromatic carbocycles. The molecule has 1 aromatic heterocycles. The predicted molar refractivity (Wildman–Crippen MR) is 102 cm³/mol. The van der Waals surface area contributed by atoms with E-state index in [1.807, 2.05) is 12.1 Å². The van der Waals surface area contributed by atoms with Crippen LogP contribution in [0.1, 0.15) is 20.9 Å². The van der Waals surface area contributed by atoms with E-state index in [2.05, 4.69) is 38.3 Å². The second-order valence-corrected chi connectivity index (χ2v) is 6.16. The van der Waals surface area contributed by atoms with E-state index >= 15 is 0 Å². The van der Waals surface area contributed by atoms with Crippen molar-refractivity contribution in [2.24, 2.45) is 10.2 Å². The van der Waals surface area contributed by atoms with E-state index in [0.29, 0.717) is 16.9 Å². The fourth-order valence-electron chi connectivity index (χ4n) is 1.94. The zero-order chi connectivity index (χ0) is 18.4. The third kappa shape index (κ3) is 4.54. The lowest BCUT2D eigenvalue weighted by Crippen LogP contribution is -2.11. The monoisotopic (exact) mass is 461 g/mol. The number of benzene rings is 2. The van der Waals surface area contributed by atoms with Crippen LogP contribution >= 0.6 is 22.6 Å². The van der Waals surface area contributed by atoms with Crippen molar-refractivity contribution in [3.05, 3.63) is 81.8 Å². The van der Waals surface area contributed by atoms with Gasteiger partial charge in [-0.25, -0.2) is 10.3 Å². The summed E-state index contributed by atoms with van der Waals surface area (Å²) in [4.78, 5) is 28.8. The Kier molecular flexibility index (Phi) is 5.74. The number of hydrogen-bond acceptors (Lipinski definition) is 6. The Morgan fingerprint density at radius 3 is 2.46 bits per heavy atom. The molecule has 0 saturated carbocycles. The molecular weight excluding hydrogens is 449 g/mol. The molecule has 0 saturated heterocycles. The van der Waals surface area contributed by atoms with Crippen LogP contribution < -0.4 is 5.48 Å². The van der Waals surface area contributed by atoms with Crippen LogP contribution in [0.25, 0.3) is 0 Å². The number of carbonyl (C=O) groups is 2. The molecule has 0 bridgehead atoms. The van der Waals surface area contributed by atoms with Crippen molar-refractivity contribution in [2.75, 3.05) is 5.48 Å². The molecule has 0 aliphatic carbocycles. The molecule has 8 heteroatoms. The average molecular weight is 461 g/mol. The number of anilines is 1. The van der Waals surface area contributed by atoms with Crippen LogP contribution in [0, 0.1) is 3.57 Å². The number of rotatable bonds is 5. The van der Waals surface area contributed by atoms with Crippen molar-refractivity contribution in [1.82, 2.24) is 0 Å². The summed E-state index contributed by atoms with van der Waals surface area (Å²) in [7, 11) is 0. The molecular formula is C18H12IN3O4. The zero-order valence-corrected chi connectivity index (χ0v) is 15.4. The lowest BCUT2D eigenvalue weighted by atomic mass is 10.2. The van der Waals surface area contributed by atoms with E-state index in [1.165, 1.54) is 12.3 Å². The Hall–Kier alpha value is -3.01. The summed E-state index contributed by atoms with van der Waals surface area (Å²) >= 11 is 2.07. The molecule has 1 N–H and O–H groups in total. The van der Waals surface area contributed by atoms with Gasteiger partial charge in [-0.3, -0.25) is 4.79 Å². The van der Waals surface area contributed by atoms with Crippen LogP contribution in [-0.2, 0) is 4.84 Å². The minimum absolute atomic E-state index is 0.120. The third-order valence-corrected chi connectivity index (χ3v) is 4.15. The number of nitrogens with zero attached hydrogens (tertiary/aromatic N) is 2. The van der Waals surface area contributed by atoms with E-state index < -0.39 is 11.9 Å². The summed E-state index contributed by atoms with van der Waals surface area (Å²) in [5, 5.41) is 7.41. The van der Waals surface area contributed by atoms with Gasteiger partial charge in [0.25, 0.3) is 0 Å². The maximum Gasteiger partial charge on any atom is 0.363 e. The average Bonchev–Trinajstić information content (AvgIpc) is 3.20. The van der Waals surface area contributed by atoms with Crippen LogP contribution in [0.5, 0.6) is 0 Å². The molecule has 1 amide bonds. The van der Waals surface area contributed by atoms with Crippen molar-refractivity contribution < 1.29 is 18.8 Å². The molecule has 0 fully saturated rings. The van der Waals surface area contributed by atoms with E-state index in [-0.39, 0.29) is 5.76 Å². The topological polar surface area (TPSA) is 93.3 Å². The summed E-state index contributed by atoms with van der Waals surface area (Å²) in [6.07, 6.45) is 1.39. The van der Waals surface area contributed by atoms with Crippen molar-refractivity contribution >= 4 is 45.8 Å². The molecule has 3 rings (SSSR count). The second kappa shape index (κ2) is 8.39. The standard InChI is InChI=1S/C18H12IN3O4/c19-15-5-2-1-4-14(15)18(24)26-22-13-9-7-12(8-10-13)20-21-17(23)16-6-3-11-25-16/h1-11,22H. The van der Waals surface area contributed by atoms with Crippen molar-refractivity contribution in [3.8, 4) is 0 Å². The Morgan fingerprint density at radius 2 is 1.77 bits per heavy atom. The Balaban J connectivity index is 1.57. The number of halogens is 1. The largest absolute Gasteiger partial charge is 0.459 e. The molecule has 7 nitrogen and oxygen atoms in total. The number of furan rings is 1. The van der Waals surface area contributed by atoms with Gasteiger partial charge in [0.2, 0.25) is 0 Å². The van der Waals surface area contributed by atoms with Crippen LogP contribution in [0.15, 0.2) is 81.6 Å². The highest BCUT2D eigenvalue weighted by atomic mass is 127. The quantitative estimate of drug-likeness (QED) is 0.328. The van der Waals surface area contributed by atoms with E-state index in [1.54, 1.807) is 42.5 Å². The lowest BCUT2D eigenvalue weighted by Gasteiger charge is -2.07. The maximum atomic E-state index is 12.0. The molecule has 0 aliphatic heterocycles. The van der Waals surface area contributed by atoms with Crippen molar-refractivity contribution in [1.29, 1.82) is 0 Å². The zero-order valence-electron chi connectivity index (χ0n) is 13.3. The number of amides is 1. The van der Waals surface area contributed by atoms with Gasteiger partial charge < -0.3 is 9.25 Å². The summed E-state index contributed by atoms with van der Waals surface area (Å²) in [5.74, 6) is -0.930. The van der Waals surface area contributed by atoms with Crippen molar-refractivity contribution in [2.45, 2.75) is 0 Å². The van der Waals surface area contributed by atoms with E-state index in [4.69, 9.17) is 9.25 Å². The first kappa shape index (κ1) is 17.8. The maximum absolute atomic E-state index is 12.0. The normalized spacial score (nSPS) is 10.7. The molecule has 0 spiro atoms. The highest BCUT2D eigenvalue weighted by Gasteiger charge is 2.11. The van der Waals surface area contributed by atoms with Gasteiger partial charge in [0.1, 0.15) is 0 Å². The Labute approximate surface area is 162 Å². The highest BCUT2D eigenvalue weighted by Crippen LogP contribution is 2.18. The molecule has 0 atom stereocenters. The van der Waals surface area contributed by atoms with Crippen LogP contribution in [0.4, 0.5) is 11.4 Å². The first-order chi connectivity index (χ1) is 12.6. The SMILES string of the molecule is O=C(N=Nc1ccc(NOC(=O)c2ccccc2I)cc1)c1ccco1.